The lowest BCUT2D eigenvalue weighted by atomic mass is 10.0. The van der Waals surface area contributed by atoms with Gasteiger partial charge in [0.05, 0.1) is 0 Å². The van der Waals surface area contributed by atoms with E-state index in [-0.39, 0.29) is 5.91 Å². The molecule has 0 unspecified atom stereocenters. The molecule has 0 saturated carbocycles. The Morgan fingerprint density at radius 3 is 2.43 bits per heavy atom. The van der Waals surface area contributed by atoms with Crippen LogP contribution in [0.2, 0.25) is 0 Å². The first-order valence-corrected chi connectivity index (χ1v) is 8.35. The van der Waals surface area contributed by atoms with Gasteiger partial charge in [-0.3, -0.25) is 4.79 Å². The third-order valence-electron chi connectivity index (χ3n) is 4.41. The molecule has 0 bridgehead atoms. The van der Waals surface area contributed by atoms with Crippen molar-refractivity contribution in [3.63, 3.8) is 0 Å². The average Bonchev–Trinajstić information content (AvgIpc) is 2.54. The van der Waals surface area contributed by atoms with Crippen molar-refractivity contribution in [2.24, 2.45) is 0 Å². The Bertz CT molecular complexity index is 433. The molecule has 0 atom stereocenters. The molecule has 3 heteroatoms. The minimum atomic E-state index is 0.0759. The molecule has 1 fully saturated rings. The van der Waals surface area contributed by atoms with E-state index in [9.17, 15) is 4.79 Å². The number of rotatable bonds is 6. The van der Waals surface area contributed by atoms with Gasteiger partial charge in [-0.2, -0.15) is 0 Å². The second-order valence-electron chi connectivity index (χ2n) is 5.98. The van der Waals surface area contributed by atoms with Crippen molar-refractivity contribution < 1.29 is 4.79 Å². The van der Waals surface area contributed by atoms with E-state index in [0.717, 1.165) is 44.5 Å². The van der Waals surface area contributed by atoms with Gasteiger partial charge in [0.25, 0.3) is 5.91 Å². The smallest absolute Gasteiger partial charge is 0.251 e. The molecule has 1 aliphatic heterocycles. The summed E-state index contributed by atoms with van der Waals surface area (Å²) in [6.07, 6.45) is 5.65. The summed E-state index contributed by atoms with van der Waals surface area (Å²) in [5.74, 6) is 0.0759. The fourth-order valence-corrected chi connectivity index (χ4v) is 2.87. The summed E-state index contributed by atoms with van der Waals surface area (Å²) < 4.78 is 0. The zero-order valence-electron chi connectivity index (χ0n) is 13.4. The number of unbranched alkanes of at least 4 members (excludes halogenated alkanes) is 1. The number of carbonyl (C=O) groups is 1. The van der Waals surface area contributed by atoms with Crippen LogP contribution in [0, 0.1) is 0 Å². The van der Waals surface area contributed by atoms with Crippen LogP contribution < -0.4 is 5.32 Å². The number of nitrogens with zero attached hydrogens (tertiary/aromatic N) is 1. The Morgan fingerprint density at radius 1 is 1.19 bits per heavy atom. The van der Waals surface area contributed by atoms with Crippen LogP contribution in [0.1, 0.15) is 55.5 Å². The Hall–Kier alpha value is -1.35. The van der Waals surface area contributed by atoms with Gasteiger partial charge in [-0.05, 0) is 49.9 Å². The van der Waals surface area contributed by atoms with E-state index in [1.54, 1.807) is 0 Å². The van der Waals surface area contributed by atoms with Crippen molar-refractivity contribution in [3.05, 3.63) is 35.4 Å². The largest absolute Gasteiger partial charge is 0.349 e. The van der Waals surface area contributed by atoms with Crippen LogP contribution in [0.25, 0.3) is 0 Å². The van der Waals surface area contributed by atoms with E-state index >= 15 is 0 Å². The molecule has 0 radical (unpaired) electrons. The standard InChI is InChI=1S/C18H28N2O/c1-3-5-6-15-7-9-16(10-8-15)18(21)19-17-11-13-20(4-2)14-12-17/h7-10,17H,3-6,11-14H2,1-2H3,(H,19,21). The summed E-state index contributed by atoms with van der Waals surface area (Å²) in [5, 5.41) is 3.18. The van der Waals surface area contributed by atoms with Gasteiger partial charge in [-0.1, -0.05) is 32.4 Å². The summed E-state index contributed by atoms with van der Waals surface area (Å²) in [7, 11) is 0. The van der Waals surface area contributed by atoms with Crippen LogP contribution in [0.4, 0.5) is 0 Å². The molecule has 0 aromatic heterocycles. The Balaban J connectivity index is 1.83. The third kappa shape index (κ3) is 4.85. The normalized spacial score (nSPS) is 16.9. The van der Waals surface area contributed by atoms with Crippen LogP contribution in [0.5, 0.6) is 0 Å². The van der Waals surface area contributed by atoms with Gasteiger partial charge in [0, 0.05) is 24.7 Å². The number of piperidine rings is 1. The lowest BCUT2D eigenvalue weighted by Crippen LogP contribution is -2.44. The molecule has 0 aliphatic carbocycles. The highest BCUT2D eigenvalue weighted by Gasteiger charge is 2.20. The number of likely N-dealkylation sites (tertiary alicyclic amines) is 1. The molecule has 1 aliphatic rings. The summed E-state index contributed by atoms with van der Waals surface area (Å²) in [6, 6.07) is 8.43. The number of nitrogens with one attached hydrogen (secondary N) is 1. The van der Waals surface area contributed by atoms with E-state index in [1.165, 1.54) is 18.4 Å². The van der Waals surface area contributed by atoms with E-state index < -0.39 is 0 Å². The first-order chi connectivity index (χ1) is 10.2. The highest BCUT2D eigenvalue weighted by Crippen LogP contribution is 2.12. The first kappa shape index (κ1) is 16.0. The maximum atomic E-state index is 12.3. The van der Waals surface area contributed by atoms with Crippen LogP contribution >= 0.6 is 0 Å². The first-order valence-electron chi connectivity index (χ1n) is 8.35. The minimum Gasteiger partial charge on any atom is -0.349 e. The molecule has 1 heterocycles. The van der Waals surface area contributed by atoms with Crippen molar-refractivity contribution in [3.8, 4) is 0 Å². The van der Waals surface area contributed by atoms with Crippen molar-refractivity contribution in [1.29, 1.82) is 0 Å². The minimum absolute atomic E-state index is 0.0759. The zero-order valence-corrected chi connectivity index (χ0v) is 13.4. The molecule has 1 N–H and O–H groups in total. The molecule has 1 amide bonds. The summed E-state index contributed by atoms with van der Waals surface area (Å²) >= 11 is 0. The molecule has 1 aromatic rings. The van der Waals surface area contributed by atoms with Gasteiger partial charge in [-0.25, -0.2) is 0 Å². The second-order valence-corrected chi connectivity index (χ2v) is 5.98. The number of carbonyl (C=O) groups excluding carboxylic acids is 1. The Kier molecular flexibility index (Phi) is 6.24. The molecule has 1 aromatic carbocycles. The van der Waals surface area contributed by atoms with Crippen molar-refractivity contribution in [1.82, 2.24) is 10.2 Å². The maximum absolute atomic E-state index is 12.3. The van der Waals surface area contributed by atoms with Crippen LogP contribution in [-0.2, 0) is 6.42 Å². The van der Waals surface area contributed by atoms with Gasteiger partial charge < -0.3 is 10.2 Å². The molecular weight excluding hydrogens is 260 g/mol. The van der Waals surface area contributed by atoms with Crippen molar-refractivity contribution in [2.45, 2.75) is 52.0 Å². The molecule has 0 spiro atoms. The fraction of sp³-hybridized carbons (Fsp3) is 0.611. The van der Waals surface area contributed by atoms with Gasteiger partial charge in [0.15, 0.2) is 0 Å². The highest BCUT2D eigenvalue weighted by atomic mass is 16.1. The van der Waals surface area contributed by atoms with E-state index in [0.29, 0.717) is 6.04 Å². The number of amides is 1. The Labute approximate surface area is 128 Å². The second kappa shape index (κ2) is 8.18. The van der Waals surface area contributed by atoms with E-state index in [2.05, 4.69) is 36.2 Å². The van der Waals surface area contributed by atoms with Gasteiger partial charge in [0.1, 0.15) is 0 Å². The maximum Gasteiger partial charge on any atom is 0.251 e. The lowest BCUT2D eigenvalue weighted by Gasteiger charge is -2.31. The zero-order chi connectivity index (χ0) is 15.1. The van der Waals surface area contributed by atoms with Gasteiger partial charge >= 0.3 is 0 Å². The van der Waals surface area contributed by atoms with E-state index in [4.69, 9.17) is 0 Å². The fourth-order valence-electron chi connectivity index (χ4n) is 2.87. The predicted octanol–water partition coefficient (Wildman–Crippen LogP) is 3.24. The number of aryl methyl sites for hydroxylation is 1. The molecule has 116 valence electrons. The van der Waals surface area contributed by atoms with Crippen LogP contribution in [0.3, 0.4) is 0 Å². The molecule has 3 nitrogen and oxygen atoms in total. The molecule has 21 heavy (non-hydrogen) atoms. The van der Waals surface area contributed by atoms with Crippen molar-refractivity contribution >= 4 is 5.91 Å². The SMILES string of the molecule is CCCCc1ccc(C(=O)NC2CCN(CC)CC2)cc1. The average molecular weight is 288 g/mol. The number of benzene rings is 1. The number of hydrogen-bond donors (Lipinski definition) is 1. The monoisotopic (exact) mass is 288 g/mol. The number of hydrogen-bond acceptors (Lipinski definition) is 2. The van der Waals surface area contributed by atoms with Gasteiger partial charge in [0.2, 0.25) is 0 Å². The molecular formula is C18H28N2O. The topological polar surface area (TPSA) is 32.3 Å². The Morgan fingerprint density at radius 2 is 1.86 bits per heavy atom. The molecule has 1 saturated heterocycles. The van der Waals surface area contributed by atoms with Crippen LogP contribution in [0.15, 0.2) is 24.3 Å². The predicted molar refractivity (Wildman–Crippen MR) is 87.7 cm³/mol. The quantitative estimate of drug-likeness (QED) is 0.871. The van der Waals surface area contributed by atoms with Gasteiger partial charge in [-0.15, -0.1) is 0 Å². The lowest BCUT2D eigenvalue weighted by molar-refractivity contribution is 0.0912. The molecule has 2 rings (SSSR count). The summed E-state index contributed by atoms with van der Waals surface area (Å²) in [6.45, 7) is 7.69. The van der Waals surface area contributed by atoms with E-state index in [1.807, 2.05) is 12.1 Å². The summed E-state index contributed by atoms with van der Waals surface area (Å²) in [4.78, 5) is 14.7. The summed E-state index contributed by atoms with van der Waals surface area (Å²) in [5.41, 5.74) is 2.11. The third-order valence-corrected chi connectivity index (χ3v) is 4.41. The van der Waals surface area contributed by atoms with Crippen LogP contribution in [-0.4, -0.2) is 36.5 Å². The highest BCUT2D eigenvalue weighted by molar-refractivity contribution is 5.94. The van der Waals surface area contributed by atoms with Crippen molar-refractivity contribution in [2.75, 3.05) is 19.6 Å².